The van der Waals surface area contributed by atoms with Crippen LogP contribution < -0.4 is 10.2 Å². The molecule has 1 fully saturated rings. The van der Waals surface area contributed by atoms with E-state index in [1.54, 1.807) is 0 Å². The van der Waals surface area contributed by atoms with Crippen LogP contribution in [0.3, 0.4) is 0 Å². The number of hydrogen-bond acceptors (Lipinski definition) is 4. The number of anilines is 1. The Labute approximate surface area is 116 Å². The lowest BCUT2D eigenvalue weighted by Gasteiger charge is -2.33. The quantitative estimate of drug-likeness (QED) is 0.800. The summed E-state index contributed by atoms with van der Waals surface area (Å²) < 4.78 is 0. The van der Waals surface area contributed by atoms with E-state index in [4.69, 9.17) is 4.98 Å². The second-order valence-electron chi connectivity index (χ2n) is 5.41. The molecule has 0 aromatic carbocycles. The van der Waals surface area contributed by atoms with Crippen LogP contribution in [0, 0.1) is 5.92 Å². The SMILES string of the molecule is CCCNCc1cncc(N2CCCC(CC)C2)n1. The smallest absolute Gasteiger partial charge is 0.147 e. The molecule has 1 aromatic rings. The van der Waals surface area contributed by atoms with Gasteiger partial charge in [-0.25, -0.2) is 4.98 Å². The van der Waals surface area contributed by atoms with Crippen molar-refractivity contribution in [1.82, 2.24) is 15.3 Å². The highest BCUT2D eigenvalue weighted by Gasteiger charge is 2.19. The fraction of sp³-hybridized carbons (Fsp3) is 0.733. The van der Waals surface area contributed by atoms with Crippen molar-refractivity contribution in [1.29, 1.82) is 0 Å². The normalized spacial score (nSPS) is 19.7. The number of rotatable bonds is 6. The Morgan fingerprint density at radius 2 is 2.26 bits per heavy atom. The third kappa shape index (κ3) is 4.16. The maximum absolute atomic E-state index is 4.74. The van der Waals surface area contributed by atoms with Gasteiger partial charge >= 0.3 is 0 Å². The molecule has 1 N–H and O–H groups in total. The van der Waals surface area contributed by atoms with Crippen molar-refractivity contribution < 1.29 is 0 Å². The Kier molecular flexibility index (Phi) is 5.58. The standard InChI is InChI=1S/C15H26N4/c1-3-7-16-9-14-10-17-11-15(18-14)19-8-5-6-13(4-2)12-19/h10-11,13,16H,3-9,12H2,1-2H3. The first kappa shape index (κ1) is 14.3. The Morgan fingerprint density at radius 1 is 1.37 bits per heavy atom. The molecule has 1 unspecified atom stereocenters. The molecule has 106 valence electrons. The Balaban J connectivity index is 1.97. The van der Waals surface area contributed by atoms with Crippen molar-refractivity contribution in [2.75, 3.05) is 24.5 Å². The summed E-state index contributed by atoms with van der Waals surface area (Å²) >= 11 is 0. The Bertz CT molecular complexity index is 380. The molecule has 2 heterocycles. The fourth-order valence-corrected chi connectivity index (χ4v) is 2.63. The molecular formula is C15H26N4. The molecule has 0 amide bonds. The van der Waals surface area contributed by atoms with E-state index in [-0.39, 0.29) is 0 Å². The zero-order valence-corrected chi connectivity index (χ0v) is 12.2. The third-order valence-electron chi connectivity index (χ3n) is 3.82. The lowest BCUT2D eigenvalue weighted by Crippen LogP contribution is -2.36. The summed E-state index contributed by atoms with van der Waals surface area (Å²) in [6.45, 7) is 8.57. The van der Waals surface area contributed by atoms with Crippen molar-refractivity contribution in [3.05, 3.63) is 18.1 Å². The van der Waals surface area contributed by atoms with Gasteiger partial charge in [-0.15, -0.1) is 0 Å². The van der Waals surface area contributed by atoms with Crippen molar-refractivity contribution >= 4 is 5.82 Å². The third-order valence-corrected chi connectivity index (χ3v) is 3.82. The number of nitrogens with one attached hydrogen (secondary N) is 1. The van der Waals surface area contributed by atoms with Crippen LogP contribution >= 0.6 is 0 Å². The van der Waals surface area contributed by atoms with Gasteiger partial charge < -0.3 is 10.2 Å². The van der Waals surface area contributed by atoms with E-state index >= 15 is 0 Å². The van der Waals surface area contributed by atoms with Crippen LogP contribution in [0.15, 0.2) is 12.4 Å². The van der Waals surface area contributed by atoms with Gasteiger partial charge in [0.1, 0.15) is 5.82 Å². The molecule has 0 spiro atoms. The number of hydrogen-bond donors (Lipinski definition) is 1. The van der Waals surface area contributed by atoms with Crippen molar-refractivity contribution in [3.63, 3.8) is 0 Å². The molecule has 19 heavy (non-hydrogen) atoms. The van der Waals surface area contributed by atoms with E-state index in [0.717, 1.165) is 50.0 Å². The molecule has 0 bridgehead atoms. The maximum atomic E-state index is 4.74. The molecule has 1 aliphatic rings. The predicted octanol–water partition coefficient (Wildman–Crippen LogP) is 2.60. The van der Waals surface area contributed by atoms with Gasteiger partial charge in [0.2, 0.25) is 0 Å². The monoisotopic (exact) mass is 262 g/mol. The van der Waals surface area contributed by atoms with Crippen LogP contribution in [-0.4, -0.2) is 29.6 Å². The average molecular weight is 262 g/mol. The minimum Gasteiger partial charge on any atom is -0.355 e. The second kappa shape index (κ2) is 7.43. The van der Waals surface area contributed by atoms with Gasteiger partial charge in [-0.05, 0) is 31.7 Å². The Morgan fingerprint density at radius 3 is 3.05 bits per heavy atom. The first-order valence-electron chi connectivity index (χ1n) is 7.60. The van der Waals surface area contributed by atoms with Crippen LogP contribution in [0.5, 0.6) is 0 Å². The first-order chi connectivity index (χ1) is 9.33. The molecule has 1 aromatic heterocycles. The average Bonchev–Trinajstić information content (AvgIpc) is 2.48. The fourth-order valence-electron chi connectivity index (χ4n) is 2.63. The highest BCUT2D eigenvalue weighted by atomic mass is 15.2. The molecule has 0 radical (unpaired) electrons. The molecule has 4 heteroatoms. The van der Waals surface area contributed by atoms with E-state index < -0.39 is 0 Å². The summed E-state index contributed by atoms with van der Waals surface area (Å²) in [5.74, 6) is 1.87. The zero-order valence-electron chi connectivity index (χ0n) is 12.2. The lowest BCUT2D eigenvalue weighted by molar-refractivity contribution is 0.402. The van der Waals surface area contributed by atoms with Gasteiger partial charge in [-0.1, -0.05) is 20.3 Å². The summed E-state index contributed by atoms with van der Waals surface area (Å²) in [4.78, 5) is 11.5. The van der Waals surface area contributed by atoms with Crippen LogP contribution in [0.4, 0.5) is 5.82 Å². The van der Waals surface area contributed by atoms with Crippen LogP contribution in [-0.2, 0) is 6.54 Å². The van der Waals surface area contributed by atoms with Crippen molar-refractivity contribution in [2.24, 2.45) is 5.92 Å². The largest absolute Gasteiger partial charge is 0.355 e. The van der Waals surface area contributed by atoms with E-state index in [1.807, 2.05) is 12.4 Å². The number of piperidine rings is 1. The summed E-state index contributed by atoms with van der Waals surface area (Å²) in [6, 6.07) is 0. The Hall–Kier alpha value is -1.16. The highest BCUT2D eigenvalue weighted by Crippen LogP contribution is 2.23. The molecule has 0 aliphatic carbocycles. The van der Waals surface area contributed by atoms with Crippen molar-refractivity contribution in [2.45, 2.75) is 46.1 Å². The summed E-state index contributed by atoms with van der Waals surface area (Å²) in [5, 5.41) is 3.38. The van der Waals surface area contributed by atoms with E-state index in [2.05, 4.69) is 29.0 Å². The van der Waals surface area contributed by atoms with Gasteiger partial charge in [-0.2, -0.15) is 0 Å². The number of aromatic nitrogens is 2. The van der Waals surface area contributed by atoms with Crippen LogP contribution in [0.25, 0.3) is 0 Å². The highest BCUT2D eigenvalue weighted by molar-refractivity contribution is 5.37. The maximum Gasteiger partial charge on any atom is 0.147 e. The van der Waals surface area contributed by atoms with Crippen LogP contribution in [0.1, 0.15) is 45.2 Å². The minimum atomic E-state index is 0.817. The topological polar surface area (TPSA) is 41.1 Å². The zero-order chi connectivity index (χ0) is 13.5. The second-order valence-corrected chi connectivity index (χ2v) is 5.41. The van der Waals surface area contributed by atoms with Gasteiger partial charge in [-0.3, -0.25) is 4.98 Å². The minimum absolute atomic E-state index is 0.817. The molecular weight excluding hydrogens is 236 g/mol. The van der Waals surface area contributed by atoms with E-state index in [0.29, 0.717) is 0 Å². The molecule has 1 aliphatic heterocycles. The van der Waals surface area contributed by atoms with E-state index in [1.165, 1.54) is 19.3 Å². The van der Waals surface area contributed by atoms with Gasteiger partial charge in [0, 0.05) is 25.8 Å². The summed E-state index contributed by atoms with van der Waals surface area (Å²) in [7, 11) is 0. The van der Waals surface area contributed by atoms with Crippen LogP contribution in [0.2, 0.25) is 0 Å². The van der Waals surface area contributed by atoms with Gasteiger partial charge in [0.15, 0.2) is 0 Å². The lowest BCUT2D eigenvalue weighted by atomic mass is 9.96. The number of nitrogens with zero attached hydrogens (tertiary/aromatic N) is 3. The van der Waals surface area contributed by atoms with Crippen molar-refractivity contribution in [3.8, 4) is 0 Å². The molecule has 0 saturated carbocycles. The summed E-state index contributed by atoms with van der Waals surface area (Å²) in [5.41, 5.74) is 1.05. The predicted molar refractivity (Wildman–Crippen MR) is 79.3 cm³/mol. The molecule has 2 rings (SSSR count). The molecule has 4 nitrogen and oxygen atoms in total. The first-order valence-corrected chi connectivity index (χ1v) is 7.60. The van der Waals surface area contributed by atoms with Gasteiger partial charge in [0.05, 0.1) is 11.9 Å². The summed E-state index contributed by atoms with van der Waals surface area (Å²) in [6.07, 6.45) is 8.82. The molecule has 1 saturated heterocycles. The van der Waals surface area contributed by atoms with Gasteiger partial charge in [0.25, 0.3) is 0 Å². The molecule has 1 atom stereocenters. The van der Waals surface area contributed by atoms with E-state index in [9.17, 15) is 0 Å².